The third-order valence-corrected chi connectivity index (χ3v) is 5.03. The number of nitrogens with one attached hydrogen (secondary N) is 1. The lowest BCUT2D eigenvalue weighted by Crippen LogP contribution is -2.03. The Hall–Kier alpha value is -3.95. The Bertz CT molecular complexity index is 1270. The van der Waals surface area contributed by atoms with E-state index in [0.717, 1.165) is 34.3 Å². The predicted octanol–water partition coefficient (Wildman–Crippen LogP) is 4.86. The van der Waals surface area contributed by atoms with Gasteiger partial charge in [-0.25, -0.2) is 4.98 Å². The zero-order chi connectivity index (χ0) is 21.6. The van der Waals surface area contributed by atoms with Gasteiger partial charge in [-0.15, -0.1) is 0 Å². The van der Waals surface area contributed by atoms with Gasteiger partial charge in [0.2, 0.25) is 0 Å². The van der Waals surface area contributed by atoms with Gasteiger partial charge in [0.25, 0.3) is 0 Å². The third-order valence-electron chi connectivity index (χ3n) is 5.03. The van der Waals surface area contributed by atoms with Crippen LogP contribution in [0.2, 0.25) is 0 Å². The van der Waals surface area contributed by atoms with Crippen molar-refractivity contribution in [1.82, 2.24) is 9.55 Å². The molecule has 2 aromatic heterocycles. The second kappa shape index (κ2) is 9.24. The lowest BCUT2D eigenvalue weighted by atomic mass is 10.1. The molecule has 31 heavy (non-hydrogen) atoms. The van der Waals surface area contributed by atoms with Gasteiger partial charge in [0, 0.05) is 47.6 Å². The molecule has 6 nitrogen and oxygen atoms in total. The molecule has 4 rings (SSSR count). The molecular weight excluding hydrogens is 386 g/mol. The fourth-order valence-corrected chi connectivity index (χ4v) is 3.67. The van der Waals surface area contributed by atoms with Crippen molar-refractivity contribution in [2.45, 2.75) is 20.1 Å². The topological polar surface area (TPSA) is 75.2 Å². The summed E-state index contributed by atoms with van der Waals surface area (Å²) in [6.07, 6.45) is 3.86. The second-order valence-corrected chi connectivity index (χ2v) is 7.28. The van der Waals surface area contributed by atoms with Gasteiger partial charge in [-0.05, 0) is 24.6 Å². The maximum Gasteiger partial charge on any atom is 0.164 e. The van der Waals surface area contributed by atoms with Crippen LogP contribution in [0.25, 0.3) is 10.9 Å². The van der Waals surface area contributed by atoms with Gasteiger partial charge in [-0.1, -0.05) is 48.5 Å². The van der Waals surface area contributed by atoms with Crippen molar-refractivity contribution in [2.75, 3.05) is 12.5 Å². The Kier molecular flexibility index (Phi) is 6.06. The van der Waals surface area contributed by atoms with Crippen molar-refractivity contribution in [3.8, 4) is 6.07 Å². The number of benzene rings is 2. The monoisotopic (exact) mass is 409 g/mol. The molecule has 0 amide bonds. The molecule has 2 aromatic carbocycles. The fraction of sp³-hybridized carbons (Fsp3) is 0.160. The number of ether oxygens (including phenoxy) is 1. The Morgan fingerprint density at radius 1 is 1.16 bits per heavy atom. The Morgan fingerprint density at radius 2 is 1.94 bits per heavy atom. The molecule has 0 saturated heterocycles. The molecule has 0 aliphatic carbocycles. The van der Waals surface area contributed by atoms with Crippen molar-refractivity contribution in [2.24, 2.45) is 5.10 Å². The molecule has 0 unspecified atom stereocenters. The first-order valence-corrected chi connectivity index (χ1v) is 10.00. The molecular formula is C25H23N5O. The lowest BCUT2D eigenvalue weighted by molar-refractivity contribution is 0.184. The van der Waals surface area contributed by atoms with Crippen molar-refractivity contribution < 1.29 is 4.74 Å². The summed E-state index contributed by atoms with van der Waals surface area (Å²) in [5.74, 6) is 0.429. The van der Waals surface area contributed by atoms with Gasteiger partial charge >= 0.3 is 0 Å². The number of methoxy groups -OCH3 is 1. The molecule has 0 atom stereocenters. The van der Waals surface area contributed by atoms with Crippen molar-refractivity contribution in [1.29, 1.82) is 5.26 Å². The van der Waals surface area contributed by atoms with Crippen LogP contribution in [0.3, 0.4) is 0 Å². The highest BCUT2D eigenvalue weighted by molar-refractivity contribution is 5.99. The highest BCUT2D eigenvalue weighted by Crippen LogP contribution is 2.22. The van der Waals surface area contributed by atoms with Crippen LogP contribution in [0, 0.1) is 18.3 Å². The van der Waals surface area contributed by atoms with E-state index in [1.54, 1.807) is 13.3 Å². The van der Waals surface area contributed by atoms with E-state index in [-0.39, 0.29) is 0 Å². The van der Waals surface area contributed by atoms with Crippen LogP contribution in [-0.2, 0) is 17.9 Å². The number of para-hydroxylation sites is 1. The highest BCUT2D eigenvalue weighted by atomic mass is 16.5. The lowest BCUT2D eigenvalue weighted by Gasteiger charge is -2.09. The summed E-state index contributed by atoms with van der Waals surface area (Å²) in [5, 5.41) is 15.1. The molecule has 0 bridgehead atoms. The molecule has 0 aliphatic heterocycles. The van der Waals surface area contributed by atoms with Crippen LogP contribution in [0.5, 0.6) is 0 Å². The number of nitriles is 1. The summed E-state index contributed by atoms with van der Waals surface area (Å²) >= 11 is 0. The Morgan fingerprint density at radius 3 is 2.71 bits per heavy atom. The average Bonchev–Trinajstić information content (AvgIpc) is 3.12. The van der Waals surface area contributed by atoms with E-state index < -0.39 is 0 Å². The van der Waals surface area contributed by atoms with Crippen LogP contribution < -0.4 is 5.43 Å². The Labute approximate surface area is 181 Å². The van der Waals surface area contributed by atoms with E-state index in [0.29, 0.717) is 18.0 Å². The van der Waals surface area contributed by atoms with E-state index in [9.17, 15) is 5.26 Å². The number of hydrogen-bond acceptors (Lipinski definition) is 5. The van der Waals surface area contributed by atoms with E-state index in [4.69, 9.17) is 4.74 Å². The van der Waals surface area contributed by atoms with E-state index in [1.807, 2.05) is 43.3 Å². The molecule has 0 saturated carbocycles. The van der Waals surface area contributed by atoms with Crippen molar-refractivity contribution in [3.63, 3.8) is 0 Å². The van der Waals surface area contributed by atoms with Crippen molar-refractivity contribution in [3.05, 3.63) is 94.8 Å². The first-order chi connectivity index (χ1) is 15.2. The first kappa shape index (κ1) is 20.3. The summed E-state index contributed by atoms with van der Waals surface area (Å²) in [6, 6.07) is 22.7. The minimum absolute atomic E-state index is 0.345. The maximum atomic E-state index is 9.58. The molecule has 0 fully saturated rings. The van der Waals surface area contributed by atoms with Crippen LogP contribution in [-0.4, -0.2) is 22.9 Å². The smallest absolute Gasteiger partial charge is 0.164 e. The fourth-order valence-electron chi connectivity index (χ4n) is 3.67. The van der Waals surface area contributed by atoms with Crippen LogP contribution in [0.15, 0.2) is 72.0 Å². The summed E-state index contributed by atoms with van der Waals surface area (Å²) < 4.78 is 7.42. The van der Waals surface area contributed by atoms with Crippen LogP contribution >= 0.6 is 0 Å². The van der Waals surface area contributed by atoms with E-state index >= 15 is 0 Å². The number of rotatable bonds is 7. The van der Waals surface area contributed by atoms with Crippen LogP contribution in [0.4, 0.5) is 5.82 Å². The molecule has 2 heterocycles. The normalized spacial score (nSPS) is 11.1. The number of hydrogen-bond donors (Lipinski definition) is 1. The molecule has 6 heteroatoms. The highest BCUT2D eigenvalue weighted by Gasteiger charge is 2.11. The van der Waals surface area contributed by atoms with Crippen molar-refractivity contribution >= 4 is 22.9 Å². The molecule has 1 N–H and O–H groups in total. The summed E-state index contributed by atoms with van der Waals surface area (Å²) in [4.78, 5) is 4.43. The molecule has 0 radical (unpaired) electrons. The van der Waals surface area contributed by atoms with Gasteiger partial charge in [0.05, 0.1) is 12.8 Å². The van der Waals surface area contributed by atoms with Gasteiger partial charge in [-0.2, -0.15) is 10.4 Å². The van der Waals surface area contributed by atoms with Gasteiger partial charge < -0.3 is 9.30 Å². The molecule has 0 spiro atoms. The minimum atomic E-state index is 0.345. The number of aryl methyl sites for hydroxylation is 1. The summed E-state index contributed by atoms with van der Waals surface area (Å²) in [6.45, 7) is 3.01. The number of aromatic nitrogens is 2. The number of anilines is 1. The zero-order valence-corrected chi connectivity index (χ0v) is 17.5. The number of nitrogens with zero attached hydrogens (tertiary/aromatic N) is 4. The van der Waals surface area contributed by atoms with Crippen LogP contribution in [0.1, 0.15) is 27.9 Å². The molecule has 154 valence electrons. The molecule has 0 aliphatic rings. The minimum Gasteiger partial charge on any atom is -0.380 e. The summed E-state index contributed by atoms with van der Waals surface area (Å²) in [7, 11) is 1.60. The average molecular weight is 409 g/mol. The van der Waals surface area contributed by atoms with Gasteiger partial charge in [-0.3, -0.25) is 5.43 Å². The quantitative estimate of drug-likeness (QED) is 0.349. The maximum absolute atomic E-state index is 9.58. The number of hydrazone groups is 1. The zero-order valence-electron chi connectivity index (χ0n) is 17.5. The predicted molar refractivity (Wildman–Crippen MR) is 123 cm³/mol. The summed E-state index contributed by atoms with van der Waals surface area (Å²) in [5.41, 5.74) is 8.33. The first-order valence-electron chi connectivity index (χ1n) is 10.00. The van der Waals surface area contributed by atoms with E-state index in [1.165, 1.54) is 5.56 Å². The Balaban J connectivity index is 1.63. The van der Waals surface area contributed by atoms with Gasteiger partial charge in [0.15, 0.2) is 5.82 Å². The molecule has 4 aromatic rings. The SMILES string of the molecule is COCc1cc(C)nc(N/N=C/c2cn(Cc3ccccc3)c3ccccc23)c1C#N. The number of fused-ring (bicyclic) bond motifs is 1. The standard InChI is InChI=1S/C25H23N5O/c1-18-12-20(17-31-2)23(13-26)25(28-18)29-27-14-21-16-30(15-19-8-4-3-5-9-19)24-11-7-6-10-22(21)24/h3-12,14,16H,15,17H2,1-2H3,(H,28,29)/b27-14+. The van der Waals surface area contributed by atoms with E-state index in [2.05, 4.69) is 56.6 Å². The second-order valence-electron chi connectivity index (χ2n) is 7.28. The third kappa shape index (κ3) is 4.47. The largest absolute Gasteiger partial charge is 0.380 e. The number of pyridine rings is 1. The van der Waals surface area contributed by atoms with Gasteiger partial charge in [0.1, 0.15) is 11.6 Å².